The summed E-state index contributed by atoms with van der Waals surface area (Å²) in [5.41, 5.74) is 3.72. The number of hydrogen-bond donors (Lipinski definition) is 1. The lowest BCUT2D eigenvalue weighted by Gasteiger charge is -2.51. The zero-order valence-electron chi connectivity index (χ0n) is 20.0. The number of unbranched alkanes of at least 4 members (excludes halogenated alkanes) is 3. The fourth-order valence-electron chi connectivity index (χ4n) is 7.72. The summed E-state index contributed by atoms with van der Waals surface area (Å²) >= 11 is 0. The standard InChI is InChI=1S/C28H44N2O/c1-28-15-14-24-23-11-9-22(31-2)20-21(23)8-10-25(24)26(28)12-13-27(28)29-16-5-3-4-6-17-30-18-7-19-30/h9,11,20,24-27,29H,3-8,10,12-19H2,1-2H3/t24?,25?,26?,27?,28-/m0/s1. The van der Waals surface area contributed by atoms with Gasteiger partial charge in [-0.25, -0.2) is 0 Å². The van der Waals surface area contributed by atoms with Gasteiger partial charge in [-0.15, -0.1) is 0 Å². The highest BCUT2D eigenvalue weighted by Gasteiger charge is 2.54. The highest BCUT2D eigenvalue weighted by molar-refractivity contribution is 5.40. The Hall–Kier alpha value is -1.06. The fraction of sp³-hybridized carbons (Fsp3) is 0.786. The Bertz CT molecular complexity index is 745. The van der Waals surface area contributed by atoms with Gasteiger partial charge in [0.2, 0.25) is 0 Å². The predicted octanol–water partition coefficient (Wildman–Crippen LogP) is 5.78. The molecule has 1 aliphatic heterocycles. The molecule has 4 unspecified atom stereocenters. The molecular formula is C28H44N2O. The molecule has 172 valence electrons. The number of likely N-dealkylation sites (tertiary alicyclic amines) is 1. The molecule has 1 N–H and O–H groups in total. The van der Waals surface area contributed by atoms with Gasteiger partial charge in [0.15, 0.2) is 0 Å². The summed E-state index contributed by atoms with van der Waals surface area (Å²) in [5, 5.41) is 4.05. The van der Waals surface area contributed by atoms with Gasteiger partial charge in [0.1, 0.15) is 5.75 Å². The molecular weight excluding hydrogens is 380 g/mol. The van der Waals surface area contributed by atoms with Gasteiger partial charge in [0.05, 0.1) is 7.11 Å². The van der Waals surface area contributed by atoms with Gasteiger partial charge in [-0.2, -0.15) is 0 Å². The highest BCUT2D eigenvalue weighted by Crippen LogP contribution is 2.60. The largest absolute Gasteiger partial charge is 0.497 e. The SMILES string of the molecule is COc1ccc2c(c1)CCC1C2CC[C@]2(C)C(NCCCCCCN3CCC3)CCC12. The van der Waals surface area contributed by atoms with Crippen LogP contribution in [0.5, 0.6) is 5.75 Å². The topological polar surface area (TPSA) is 24.5 Å². The van der Waals surface area contributed by atoms with E-state index in [-0.39, 0.29) is 0 Å². The van der Waals surface area contributed by atoms with E-state index in [2.05, 4.69) is 35.3 Å². The van der Waals surface area contributed by atoms with Gasteiger partial charge in [-0.3, -0.25) is 0 Å². The summed E-state index contributed by atoms with van der Waals surface area (Å²) in [6.45, 7) is 7.91. The summed E-state index contributed by atoms with van der Waals surface area (Å²) in [7, 11) is 1.79. The van der Waals surface area contributed by atoms with Crippen LogP contribution in [0.25, 0.3) is 0 Å². The maximum atomic E-state index is 5.49. The second kappa shape index (κ2) is 9.43. The van der Waals surface area contributed by atoms with Crippen LogP contribution in [0.2, 0.25) is 0 Å². The second-order valence-corrected chi connectivity index (χ2v) is 11.2. The second-order valence-electron chi connectivity index (χ2n) is 11.2. The van der Waals surface area contributed by atoms with Crippen molar-refractivity contribution in [3.05, 3.63) is 29.3 Å². The van der Waals surface area contributed by atoms with Gasteiger partial charge >= 0.3 is 0 Å². The third-order valence-corrected chi connectivity index (χ3v) is 9.67. The Morgan fingerprint density at radius 1 is 1.06 bits per heavy atom. The molecule has 0 bridgehead atoms. The third kappa shape index (κ3) is 4.29. The van der Waals surface area contributed by atoms with E-state index in [0.717, 1.165) is 29.5 Å². The number of benzene rings is 1. The van der Waals surface area contributed by atoms with Crippen LogP contribution in [0.4, 0.5) is 0 Å². The van der Waals surface area contributed by atoms with Crippen LogP contribution in [0.1, 0.15) is 88.2 Å². The number of nitrogens with one attached hydrogen (secondary N) is 1. The van der Waals surface area contributed by atoms with E-state index in [1.807, 2.05) is 0 Å². The molecule has 4 aliphatic rings. The van der Waals surface area contributed by atoms with Crippen LogP contribution >= 0.6 is 0 Å². The van der Waals surface area contributed by atoms with Gasteiger partial charge in [0, 0.05) is 6.04 Å². The maximum absolute atomic E-state index is 5.49. The molecule has 3 nitrogen and oxygen atoms in total. The van der Waals surface area contributed by atoms with Crippen molar-refractivity contribution in [1.29, 1.82) is 0 Å². The quantitative estimate of drug-likeness (QED) is 0.509. The highest BCUT2D eigenvalue weighted by atomic mass is 16.5. The molecule has 2 saturated carbocycles. The van der Waals surface area contributed by atoms with Crippen LogP contribution in [-0.4, -0.2) is 44.2 Å². The number of aryl methyl sites for hydroxylation is 1. The number of nitrogens with zero attached hydrogens (tertiary/aromatic N) is 1. The van der Waals surface area contributed by atoms with E-state index in [1.165, 1.54) is 96.8 Å². The van der Waals surface area contributed by atoms with E-state index in [9.17, 15) is 0 Å². The Morgan fingerprint density at radius 3 is 2.74 bits per heavy atom. The summed E-state index contributed by atoms with van der Waals surface area (Å²) in [5.74, 6) is 3.63. The molecule has 0 aromatic heterocycles. The van der Waals surface area contributed by atoms with E-state index in [4.69, 9.17) is 4.74 Å². The maximum Gasteiger partial charge on any atom is 0.119 e. The van der Waals surface area contributed by atoms with Crippen LogP contribution in [0, 0.1) is 17.3 Å². The van der Waals surface area contributed by atoms with Crippen molar-refractivity contribution in [3.63, 3.8) is 0 Å². The normalized spacial score (nSPS) is 34.5. The molecule has 3 fully saturated rings. The molecule has 31 heavy (non-hydrogen) atoms. The molecule has 1 aromatic rings. The lowest BCUT2D eigenvalue weighted by atomic mass is 9.55. The van der Waals surface area contributed by atoms with E-state index in [1.54, 1.807) is 18.2 Å². The van der Waals surface area contributed by atoms with Gasteiger partial charge < -0.3 is 15.0 Å². The predicted molar refractivity (Wildman–Crippen MR) is 129 cm³/mol. The molecule has 1 saturated heterocycles. The molecule has 1 aromatic carbocycles. The van der Waals surface area contributed by atoms with Crippen molar-refractivity contribution in [3.8, 4) is 5.75 Å². The van der Waals surface area contributed by atoms with Crippen molar-refractivity contribution in [2.45, 2.75) is 89.5 Å². The lowest BCUT2D eigenvalue weighted by molar-refractivity contribution is 0.0412. The minimum absolute atomic E-state index is 0.517. The molecule has 0 radical (unpaired) electrons. The van der Waals surface area contributed by atoms with Crippen LogP contribution in [0.15, 0.2) is 18.2 Å². The first kappa shape index (κ1) is 21.8. The molecule has 5 atom stereocenters. The molecule has 0 spiro atoms. The fourth-order valence-corrected chi connectivity index (χ4v) is 7.72. The molecule has 3 aliphatic carbocycles. The van der Waals surface area contributed by atoms with Crippen LogP contribution in [0.3, 0.4) is 0 Å². The number of ether oxygens (including phenoxy) is 1. The average Bonchev–Trinajstić information content (AvgIpc) is 3.10. The van der Waals surface area contributed by atoms with Gasteiger partial charge in [-0.05, 0) is 130 Å². The summed E-state index contributed by atoms with van der Waals surface area (Å²) in [6.07, 6.45) is 15.3. The van der Waals surface area contributed by atoms with Crippen molar-refractivity contribution in [2.24, 2.45) is 17.3 Å². The Kier molecular flexibility index (Phi) is 6.62. The van der Waals surface area contributed by atoms with Crippen molar-refractivity contribution >= 4 is 0 Å². The van der Waals surface area contributed by atoms with E-state index < -0.39 is 0 Å². The lowest BCUT2D eigenvalue weighted by Crippen LogP contribution is -2.48. The smallest absolute Gasteiger partial charge is 0.119 e. The monoisotopic (exact) mass is 424 g/mol. The first-order chi connectivity index (χ1) is 15.2. The Labute approximate surface area is 190 Å². The minimum Gasteiger partial charge on any atom is -0.497 e. The number of methoxy groups -OCH3 is 1. The van der Waals surface area contributed by atoms with Crippen LogP contribution < -0.4 is 10.1 Å². The van der Waals surface area contributed by atoms with Crippen molar-refractivity contribution < 1.29 is 4.74 Å². The van der Waals surface area contributed by atoms with Crippen molar-refractivity contribution in [1.82, 2.24) is 10.2 Å². The number of fused-ring (bicyclic) bond motifs is 5. The zero-order chi connectivity index (χ0) is 21.3. The molecule has 5 rings (SSSR count). The first-order valence-corrected chi connectivity index (χ1v) is 13.3. The molecule has 1 heterocycles. The zero-order valence-corrected chi connectivity index (χ0v) is 20.0. The molecule has 3 heteroatoms. The van der Waals surface area contributed by atoms with Gasteiger partial charge in [0.25, 0.3) is 0 Å². The van der Waals surface area contributed by atoms with Gasteiger partial charge in [-0.1, -0.05) is 25.8 Å². The number of hydrogen-bond acceptors (Lipinski definition) is 3. The Balaban J connectivity index is 1.12. The third-order valence-electron chi connectivity index (χ3n) is 9.67. The number of rotatable bonds is 9. The van der Waals surface area contributed by atoms with E-state index >= 15 is 0 Å². The molecule has 0 amide bonds. The Morgan fingerprint density at radius 2 is 1.94 bits per heavy atom. The average molecular weight is 425 g/mol. The van der Waals surface area contributed by atoms with Crippen LogP contribution in [-0.2, 0) is 6.42 Å². The minimum atomic E-state index is 0.517. The summed E-state index contributed by atoms with van der Waals surface area (Å²) < 4.78 is 5.49. The first-order valence-electron chi connectivity index (χ1n) is 13.3. The summed E-state index contributed by atoms with van der Waals surface area (Å²) in [4.78, 5) is 2.61. The van der Waals surface area contributed by atoms with E-state index in [0.29, 0.717) is 5.41 Å². The van der Waals surface area contributed by atoms with Crippen molar-refractivity contribution in [2.75, 3.05) is 33.3 Å². The summed E-state index contributed by atoms with van der Waals surface area (Å²) in [6, 6.07) is 7.64.